The average Bonchev–Trinajstić information content (AvgIpc) is 3.48. The van der Waals surface area contributed by atoms with Gasteiger partial charge in [0.05, 0.1) is 19.4 Å². The molecule has 0 bridgehead atoms. The summed E-state index contributed by atoms with van der Waals surface area (Å²) in [5, 5.41) is 7.77. The minimum atomic E-state index is 0.596. The molecule has 0 amide bonds. The van der Waals surface area contributed by atoms with Gasteiger partial charge in [-0.25, -0.2) is 15.0 Å². The molecule has 4 rings (SSSR count). The molecule has 2 heterocycles. The summed E-state index contributed by atoms with van der Waals surface area (Å²) in [7, 11) is 0. The van der Waals surface area contributed by atoms with Crippen molar-refractivity contribution in [3.8, 4) is 11.1 Å². The van der Waals surface area contributed by atoms with Crippen LogP contribution in [-0.4, -0.2) is 27.0 Å². The predicted octanol–water partition coefficient (Wildman–Crippen LogP) is 4.62. The molecule has 0 aliphatic carbocycles. The fourth-order valence-electron chi connectivity index (χ4n) is 3.47. The maximum absolute atomic E-state index is 4.82. The van der Waals surface area contributed by atoms with E-state index in [1.807, 2.05) is 18.7 Å². The van der Waals surface area contributed by atoms with Crippen molar-refractivity contribution in [2.75, 3.05) is 6.54 Å². The van der Waals surface area contributed by atoms with Gasteiger partial charge in [0.1, 0.15) is 5.01 Å². The zero-order valence-electron chi connectivity index (χ0n) is 18.5. The lowest BCUT2D eigenvalue weighted by molar-refractivity contribution is 0.797. The van der Waals surface area contributed by atoms with E-state index in [0.29, 0.717) is 13.1 Å². The second kappa shape index (κ2) is 10.7. The molecule has 0 fully saturated rings. The molecule has 7 heteroatoms. The van der Waals surface area contributed by atoms with Crippen molar-refractivity contribution in [3.05, 3.63) is 94.5 Å². The van der Waals surface area contributed by atoms with Gasteiger partial charge < -0.3 is 15.2 Å². The van der Waals surface area contributed by atoms with E-state index in [2.05, 4.69) is 87.5 Å². The zero-order valence-corrected chi connectivity index (χ0v) is 19.3. The first kappa shape index (κ1) is 21.8. The number of aromatic nitrogens is 3. The summed E-state index contributed by atoms with van der Waals surface area (Å²) in [6, 6.07) is 17.2. The topological polar surface area (TPSA) is 67.1 Å². The zero-order chi connectivity index (χ0) is 22.2. The largest absolute Gasteiger partial charge is 0.357 e. The molecule has 2 N–H and O–H groups in total. The molecular weight excluding hydrogens is 416 g/mol. The molecule has 2 aromatic carbocycles. The van der Waals surface area contributed by atoms with Crippen LogP contribution in [0, 0.1) is 6.92 Å². The Morgan fingerprint density at radius 1 is 1.09 bits per heavy atom. The van der Waals surface area contributed by atoms with Gasteiger partial charge in [0.2, 0.25) is 0 Å². The van der Waals surface area contributed by atoms with Gasteiger partial charge in [-0.2, -0.15) is 0 Å². The number of hydrogen-bond acceptors (Lipinski definition) is 4. The molecule has 0 spiro atoms. The Hall–Kier alpha value is -3.45. The van der Waals surface area contributed by atoms with Crippen molar-refractivity contribution in [1.82, 2.24) is 25.2 Å². The quantitative estimate of drug-likeness (QED) is 0.307. The standard InChI is InChI=1S/C25H28N6S/c1-3-27-25(30-16-24-28-14-19(2)32-24)29-15-22-6-4-5-7-23(22)21-10-8-20(9-11-21)17-31-13-12-26-18-31/h4-14,18H,3,15-17H2,1-2H3,(H2,27,29,30). The van der Waals surface area contributed by atoms with E-state index in [-0.39, 0.29) is 0 Å². The molecule has 0 atom stereocenters. The van der Waals surface area contributed by atoms with Crippen LogP contribution in [0.3, 0.4) is 0 Å². The molecule has 32 heavy (non-hydrogen) atoms. The van der Waals surface area contributed by atoms with Gasteiger partial charge in [0, 0.05) is 36.6 Å². The minimum absolute atomic E-state index is 0.596. The van der Waals surface area contributed by atoms with Crippen LogP contribution >= 0.6 is 11.3 Å². The molecule has 164 valence electrons. The lowest BCUT2D eigenvalue weighted by Crippen LogP contribution is -2.36. The van der Waals surface area contributed by atoms with Crippen LogP contribution in [0.1, 0.15) is 27.9 Å². The third-order valence-corrected chi connectivity index (χ3v) is 5.95. The van der Waals surface area contributed by atoms with Crippen molar-refractivity contribution < 1.29 is 0 Å². The first-order valence-corrected chi connectivity index (χ1v) is 11.6. The summed E-state index contributed by atoms with van der Waals surface area (Å²) < 4.78 is 2.07. The van der Waals surface area contributed by atoms with Crippen LogP contribution in [0.25, 0.3) is 11.1 Å². The Morgan fingerprint density at radius 2 is 1.94 bits per heavy atom. The summed E-state index contributed by atoms with van der Waals surface area (Å²) in [6.45, 7) is 7.04. The molecule has 0 aliphatic rings. The number of guanidine groups is 1. The smallest absolute Gasteiger partial charge is 0.191 e. The number of thiazole rings is 1. The van der Waals surface area contributed by atoms with Gasteiger partial charge in [-0.05, 0) is 36.1 Å². The minimum Gasteiger partial charge on any atom is -0.357 e. The highest BCUT2D eigenvalue weighted by Crippen LogP contribution is 2.25. The lowest BCUT2D eigenvalue weighted by atomic mass is 9.98. The van der Waals surface area contributed by atoms with Crippen LogP contribution < -0.4 is 10.6 Å². The molecule has 0 saturated carbocycles. The number of aliphatic imine (C=N–C) groups is 1. The molecule has 0 radical (unpaired) electrons. The lowest BCUT2D eigenvalue weighted by Gasteiger charge is -2.12. The van der Waals surface area contributed by atoms with Gasteiger partial charge in [-0.3, -0.25) is 0 Å². The predicted molar refractivity (Wildman–Crippen MR) is 132 cm³/mol. The van der Waals surface area contributed by atoms with Crippen LogP contribution in [-0.2, 0) is 19.6 Å². The number of nitrogens with zero attached hydrogens (tertiary/aromatic N) is 4. The second-order valence-corrected chi connectivity index (χ2v) is 8.82. The fraction of sp³-hybridized carbons (Fsp3) is 0.240. The van der Waals surface area contributed by atoms with Crippen molar-refractivity contribution in [3.63, 3.8) is 0 Å². The third kappa shape index (κ3) is 5.82. The Morgan fingerprint density at radius 3 is 2.66 bits per heavy atom. The highest BCUT2D eigenvalue weighted by atomic mass is 32.1. The van der Waals surface area contributed by atoms with E-state index in [9.17, 15) is 0 Å². The van der Waals surface area contributed by atoms with Gasteiger partial charge in [-0.15, -0.1) is 11.3 Å². The number of benzene rings is 2. The summed E-state index contributed by atoms with van der Waals surface area (Å²) in [6.07, 6.45) is 7.53. The van der Waals surface area contributed by atoms with E-state index in [4.69, 9.17) is 4.99 Å². The molecule has 4 aromatic rings. The van der Waals surface area contributed by atoms with Gasteiger partial charge in [0.15, 0.2) is 5.96 Å². The van der Waals surface area contributed by atoms with Crippen molar-refractivity contribution in [2.24, 2.45) is 4.99 Å². The normalized spacial score (nSPS) is 11.5. The number of aryl methyl sites for hydroxylation is 1. The summed E-state index contributed by atoms with van der Waals surface area (Å²) >= 11 is 1.70. The van der Waals surface area contributed by atoms with E-state index in [1.54, 1.807) is 17.5 Å². The van der Waals surface area contributed by atoms with Crippen molar-refractivity contribution in [2.45, 2.75) is 33.5 Å². The maximum atomic E-state index is 4.82. The Labute approximate surface area is 193 Å². The number of imidazole rings is 1. The molecule has 0 aliphatic heterocycles. The van der Waals surface area contributed by atoms with E-state index < -0.39 is 0 Å². The highest BCUT2D eigenvalue weighted by molar-refractivity contribution is 7.11. The van der Waals surface area contributed by atoms with E-state index in [1.165, 1.54) is 27.1 Å². The monoisotopic (exact) mass is 444 g/mol. The molecular formula is C25H28N6S. The van der Waals surface area contributed by atoms with Crippen LogP contribution in [0.2, 0.25) is 0 Å². The average molecular weight is 445 g/mol. The van der Waals surface area contributed by atoms with Gasteiger partial charge in [-0.1, -0.05) is 48.5 Å². The number of nitrogens with one attached hydrogen (secondary N) is 2. The second-order valence-electron chi connectivity index (χ2n) is 7.50. The molecule has 0 saturated heterocycles. The van der Waals surface area contributed by atoms with Crippen molar-refractivity contribution >= 4 is 17.3 Å². The Kier molecular flexibility index (Phi) is 7.30. The van der Waals surface area contributed by atoms with Crippen LogP contribution in [0.4, 0.5) is 0 Å². The highest BCUT2D eigenvalue weighted by Gasteiger charge is 2.06. The van der Waals surface area contributed by atoms with Gasteiger partial charge >= 0.3 is 0 Å². The van der Waals surface area contributed by atoms with Gasteiger partial charge in [0.25, 0.3) is 0 Å². The summed E-state index contributed by atoms with van der Waals surface area (Å²) in [5.41, 5.74) is 4.84. The first-order valence-electron chi connectivity index (χ1n) is 10.8. The first-order chi connectivity index (χ1) is 15.7. The summed E-state index contributed by atoms with van der Waals surface area (Å²) in [5.74, 6) is 0.797. The fourth-order valence-corrected chi connectivity index (χ4v) is 4.20. The van der Waals surface area contributed by atoms with E-state index in [0.717, 1.165) is 24.1 Å². The third-order valence-electron chi connectivity index (χ3n) is 5.03. The maximum Gasteiger partial charge on any atom is 0.191 e. The Bertz CT molecular complexity index is 1150. The van der Waals surface area contributed by atoms with Crippen LogP contribution in [0.15, 0.2) is 78.4 Å². The molecule has 0 unspecified atom stereocenters. The van der Waals surface area contributed by atoms with Crippen molar-refractivity contribution in [1.29, 1.82) is 0 Å². The Balaban J connectivity index is 1.46. The van der Waals surface area contributed by atoms with Crippen LogP contribution in [0.5, 0.6) is 0 Å². The molecule has 6 nitrogen and oxygen atoms in total. The summed E-state index contributed by atoms with van der Waals surface area (Å²) in [4.78, 5) is 14.6. The number of hydrogen-bond donors (Lipinski definition) is 2. The SMILES string of the molecule is CCNC(=NCc1ccccc1-c1ccc(Cn2ccnc2)cc1)NCc1ncc(C)s1. The number of rotatable bonds is 8. The molecule has 2 aromatic heterocycles. The van der Waals surface area contributed by atoms with E-state index >= 15 is 0 Å².